The number of rotatable bonds is 9. The summed E-state index contributed by atoms with van der Waals surface area (Å²) in [6.45, 7) is 1.05. The number of hydrogen-bond acceptors (Lipinski definition) is 7. The van der Waals surface area contributed by atoms with Gasteiger partial charge in [0.25, 0.3) is 5.91 Å². The van der Waals surface area contributed by atoms with Gasteiger partial charge in [-0.05, 0) is 48.2 Å². The number of anilines is 1. The SMILES string of the molecule is COCC(NC(=O)c1ccn(S(C)=O)c1)C(Nc1nc(-c2ccc3c(c2)CCO3)cs1)=C1CC1. The summed E-state index contributed by atoms with van der Waals surface area (Å²) in [5.74, 6) is 0.712. The van der Waals surface area contributed by atoms with Crippen molar-refractivity contribution in [1.82, 2.24) is 14.3 Å². The Bertz CT molecular complexity index is 1270. The molecular weight excluding hydrogens is 472 g/mol. The van der Waals surface area contributed by atoms with Crippen molar-refractivity contribution >= 4 is 33.4 Å². The van der Waals surface area contributed by atoms with Crippen LogP contribution in [0.4, 0.5) is 5.13 Å². The fourth-order valence-electron chi connectivity index (χ4n) is 3.96. The van der Waals surface area contributed by atoms with Gasteiger partial charge in [-0.2, -0.15) is 0 Å². The molecule has 0 spiro atoms. The highest BCUT2D eigenvalue weighted by atomic mass is 32.2. The molecule has 178 valence electrons. The second-order valence-corrected chi connectivity index (χ2v) is 10.4. The zero-order valence-electron chi connectivity index (χ0n) is 19.0. The number of nitrogens with one attached hydrogen (secondary N) is 2. The zero-order valence-corrected chi connectivity index (χ0v) is 20.6. The number of carbonyl (C=O) groups is 1. The highest BCUT2D eigenvalue weighted by Crippen LogP contribution is 2.36. The molecule has 0 bridgehead atoms. The fourth-order valence-corrected chi connectivity index (χ4v) is 5.18. The number of amides is 1. The first-order chi connectivity index (χ1) is 16.5. The van der Waals surface area contributed by atoms with Crippen LogP contribution in [0.1, 0.15) is 28.8 Å². The third kappa shape index (κ3) is 4.94. The number of benzene rings is 1. The van der Waals surface area contributed by atoms with Crippen molar-refractivity contribution in [2.45, 2.75) is 25.3 Å². The average Bonchev–Trinajstić information content (AvgIpc) is 3.22. The number of allylic oxidation sites excluding steroid dienone is 1. The lowest BCUT2D eigenvalue weighted by molar-refractivity contribution is 0.0912. The predicted octanol–water partition coefficient (Wildman–Crippen LogP) is 3.59. The van der Waals surface area contributed by atoms with E-state index in [1.165, 1.54) is 26.4 Å². The molecule has 2 aromatic heterocycles. The summed E-state index contributed by atoms with van der Waals surface area (Å²) in [6, 6.07) is 7.49. The van der Waals surface area contributed by atoms with Crippen molar-refractivity contribution < 1.29 is 18.5 Å². The molecule has 8 nitrogen and oxygen atoms in total. The smallest absolute Gasteiger partial charge is 0.253 e. The van der Waals surface area contributed by atoms with E-state index in [9.17, 15) is 9.00 Å². The van der Waals surface area contributed by atoms with Crippen LogP contribution in [0, 0.1) is 0 Å². The van der Waals surface area contributed by atoms with Crippen molar-refractivity contribution in [2.75, 3.05) is 31.9 Å². The first kappa shape index (κ1) is 22.8. The van der Waals surface area contributed by atoms with E-state index in [1.807, 2.05) is 17.5 Å². The van der Waals surface area contributed by atoms with Gasteiger partial charge in [0, 0.05) is 48.8 Å². The number of hydrogen-bond donors (Lipinski definition) is 2. The van der Waals surface area contributed by atoms with Crippen LogP contribution in [-0.2, 0) is 22.1 Å². The van der Waals surface area contributed by atoms with Gasteiger partial charge in [0.05, 0.1) is 30.5 Å². The Morgan fingerprint density at radius 3 is 2.91 bits per heavy atom. The van der Waals surface area contributed by atoms with Gasteiger partial charge < -0.3 is 20.1 Å². The maximum Gasteiger partial charge on any atom is 0.253 e. The van der Waals surface area contributed by atoms with Crippen molar-refractivity contribution in [1.29, 1.82) is 0 Å². The minimum absolute atomic E-state index is 0.244. The lowest BCUT2D eigenvalue weighted by Gasteiger charge is -2.22. The van der Waals surface area contributed by atoms with E-state index >= 15 is 0 Å². The van der Waals surface area contributed by atoms with Crippen LogP contribution in [-0.4, -0.2) is 51.7 Å². The van der Waals surface area contributed by atoms with Crippen molar-refractivity contribution in [3.05, 3.63) is 64.4 Å². The topological polar surface area (TPSA) is 94.5 Å². The summed E-state index contributed by atoms with van der Waals surface area (Å²) in [4.78, 5) is 17.7. The molecule has 1 aliphatic carbocycles. The quantitative estimate of drug-likeness (QED) is 0.468. The first-order valence-electron chi connectivity index (χ1n) is 11.0. The normalized spacial score (nSPS) is 15.9. The maximum atomic E-state index is 12.9. The standard InChI is InChI=1S/C24H26N4O4S2/c1-31-13-19(25-23(29)18-7-9-28(12-18)34(2)30)22(15-3-4-15)27-24-26-20(14-33-24)16-5-6-21-17(11-16)8-10-32-21/h5-7,9,11-12,14,19H,3-4,8,10,13H2,1-2H3,(H,25,29)(H,26,27). The average molecular weight is 499 g/mol. The third-order valence-corrected chi connectivity index (χ3v) is 7.40. The summed E-state index contributed by atoms with van der Waals surface area (Å²) in [5, 5.41) is 9.33. The van der Waals surface area contributed by atoms with Crippen molar-refractivity contribution in [2.24, 2.45) is 0 Å². The largest absolute Gasteiger partial charge is 0.493 e. The molecule has 34 heavy (non-hydrogen) atoms. The van der Waals surface area contributed by atoms with Gasteiger partial charge in [-0.25, -0.2) is 9.19 Å². The lowest BCUT2D eigenvalue weighted by atomic mass is 10.1. The van der Waals surface area contributed by atoms with Gasteiger partial charge in [0.15, 0.2) is 5.13 Å². The highest BCUT2D eigenvalue weighted by molar-refractivity contribution is 7.82. The molecule has 1 aromatic carbocycles. The molecule has 1 saturated carbocycles. The molecule has 1 aliphatic heterocycles. The maximum absolute atomic E-state index is 12.9. The molecule has 10 heteroatoms. The third-order valence-electron chi connectivity index (χ3n) is 5.83. The highest BCUT2D eigenvalue weighted by Gasteiger charge is 2.27. The summed E-state index contributed by atoms with van der Waals surface area (Å²) in [7, 11) is 0.404. The Hall–Kier alpha value is -2.95. The van der Waals surface area contributed by atoms with Crippen LogP contribution in [0.2, 0.25) is 0 Å². The van der Waals surface area contributed by atoms with Crippen LogP contribution in [0.25, 0.3) is 11.3 Å². The summed E-state index contributed by atoms with van der Waals surface area (Å²) < 4.78 is 24.2. The molecule has 2 atom stereocenters. The monoisotopic (exact) mass is 498 g/mol. The van der Waals surface area contributed by atoms with Gasteiger partial charge >= 0.3 is 0 Å². The Morgan fingerprint density at radius 1 is 1.32 bits per heavy atom. The van der Waals surface area contributed by atoms with Gasteiger partial charge in [-0.3, -0.25) is 8.77 Å². The lowest BCUT2D eigenvalue weighted by Crippen LogP contribution is -2.41. The number of carbonyl (C=O) groups excluding carboxylic acids is 1. The van der Waals surface area contributed by atoms with Crippen LogP contribution in [0.15, 0.2) is 53.3 Å². The van der Waals surface area contributed by atoms with Crippen LogP contribution >= 0.6 is 11.3 Å². The fraction of sp³-hybridized carbons (Fsp3) is 0.333. The number of methoxy groups -OCH3 is 1. The molecule has 3 heterocycles. The van der Waals surface area contributed by atoms with E-state index in [1.54, 1.807) is 31.8 Å². The van der Waals surface area contributed by atoms with E-state index in [0.717, 1.165) is 53.7 Å². The number of ether oxygens (including phenoxy) is 2. The van der Waals surface area contributed by atoms with Crippen molar-refractivity contribution in [3.63, 3.8) is 0 Å². The molecule has 2 aliphatic rings. The molecule has 2 unspecified atom stereocenters. The molecular formula is C24H26N4O4S2. The Balaban J connectivity index is 1.33. The molecule has 0 radical (unpaired) electrons. The van der Waals surface area contributed by atoms with E-state index in [2.05, 4.69) is 16.7 Å². The first-order valence-corrected chi connectivity index (χ1v) is 13.4. The van der Waals surface area contributed by atoms with Gasteiger partial charge in [-0.15, -0.1) is 11.3 Å². The number of nitrogens with zero attached hydrogens (tertiary/aromatic N) is 2. The Kier molecular flexibility index (Phi) is 6.53. The molecule has 1 amide bonds. The second-order valence-electron chi connectivity index (χ2n) is 8.27. The van der Waals surface area contributed by atoms with E-state index in [4.69, 9.17) is 14.5 Å². The van der Waals surface area contributed by atoms with Crippen LogP contribution in [0.5, 0.6) is 5.75 Å². The summed E-state index contributed by atoms with van der Waals surface area (Å²) in [6.07, 6.45) is 7.66. The molecule has 3 aromatic rings. The van der Waals surface area contributed by atoms with Gasteiger partial charge in [0.2, 0.25) is 0 Å². The van der Waals surface area contributed by atoms with E-state index in [0.29, 0.717) is 12.2 Å². The summed E-state index contributed by atoms with van der Waals surface area (Å²) >= 11 is 1.53. The second kappa shape index (κ2) is 9.73. The summed E-state index contributed by atoms with van der Waals surface area (Å²) in [5.41, 5.74) is 5.81. The Labute approximate surface area is 204 Å². The minimum Gasteiger partial charge on any atom is -0.493 e. The Morgan fingerprint density at radius 2 is 2.18 bits per heavy atom. The van der Waals surface area contributed by atoms with Crippen LogP contribution < -0.4 is 15.4 Å². The zero-order chi connectivity index (χ0) is 23.7. The predicted molar refractivity (Wildman–Crippen MR) is 134 cm³/mol. The molecule has 1 fully saturated rings. The van der Waals surface area contributed by atoms with Crippen LogP contribution in [0.3, 0.4) is 0 Å². The molecule has 5 rings (SSSR count). The van der Waals surface area contributed by atoms with Gasteiger partial charge in [0.1, 0.15) is 16.7 Å². The number of fused-ring (bicyclic) bond motifs is 1. The van der Waals surface area contributed by atoms with Crippen molar-refractivity contribution in [3.8, 4) is 17.0 Å². The minimum atomic E-state index is -1.21. The van der Waals surface area contributed by atoms with E-state index < -0.39 is 11.0 Å². The number of aromatic nitrogens is 2. The molecule has 2 N–H and O–H groups in total. The number of thiazole rings is 1. The van der Waals surface area contributed by atoms with Gasteiger partial charge in [-0.1, -0.05) is 0 Å². The van der Waals surface area contributed by atoms with E-state index in [-0.39, 0.29) is 11.9 Å². The molecule has 0 saturated heterocycles.